The third-order valence-electron chi connectivity index (χ3n) is 2.29. The lowest BCUT2D eigenvalue weighted by molar-refractivity contribution is 1.14. The van der Waals surface area contributed by atoms with E-state index in [1.54, 1.807) is 6.33 Å². The molecular formula is C11H8BrN5. The van der Waals surface area contributed by atoms with Crippen LogP contribution in [0.4, 0.5) is 11.5 Å². The summed E-state index contributed by atoms with van der Waals surface area (Å²) in [7, 11) is 0. The molecule has 3 aromatic rings. The largest absolute Gasteiger partial charge is 0.338 e. The maximum Gasteiger partial charge on any atom is 0.200 e. The third kappa shape index (κ3) is 1.99. The quantitative estimate of drug-likeness (QED) is 0.712. The van der Waals surface area contributed by atoms with Crippen LogP contribution in [0.15, 0.2) is 41.4 Å². The highest BCUT2D eigenvalue weighted by molar-refractivity contribution is 9.10. The van der Waals surface area contributed by atoms with E-state index < -0.39 is 0 Å². The van der Waals surface area contributed by atoms with E-state index in [-0.39, 0.29) is 0 Å². The number of para-hydroxylation sites is 1. The van der Waals surface area contributed by atoms with Gasteiger partial charge in [0.1, 0.15) is 0 Å². The van der Waals surface area contributed by atoms with Crippen LogP contribution in [0.3, 0.4) is 0 Å². The minimum atomic E-state index is 0.521. The van der Waals surface area contributed by atoms with E-state index in [2.05, 4.69) is 41.2 Å². The zero-order valence-electron chi connectivity index (χ0n) is 8.68. The van der Waals surface area contributed by atoms with Crippen LogP contribution in [0.1, 0.15) is 0 Å². The second-order valence-corrected chi connectivity index (χ2v) is 4.14. The van der Waals surface area contributed by atoms with Crippen LogP contribution in [0, 0.1) is 0 Å². The summed E-state index contributed by atoms with van der Waals surface area (Å²) in [6, 6.07) is 9.81. The van der Waals surface area contributed by atoms with Gasteiger partial charge in [0.25, 0.3) is 0 Å². The fraction of sp³-hybridized carbons (Fsp3) is 0. The Morgan fingerprint density at radius 1 is 1.12 bits per heavy atom. The number of anilines is 2. The lowest BCUT2D eigenvalue weighted by Gasteiger charge is -2.05. The lowest BCUT2D eigenvalue weighted by atomic mass is 10.3. The normalized spacial score (nSPS) is 10.6. The van der Waals surface area contributed by atoms with Crippen molar-refractivity contribution in [1.82, 2.24) is 19.9 Å². The van der Waals surface area contributed by atoms with Crippen molar-refractivity contribution in [2.75, 3.05) is 5.32 Å². The molecule has 0 atom stereocenters. The predicted molar refractivity (Wildman–Crippen MR) is 69.1 cm³/mol. The number of nitrogens with one attached hydrogen (secondary N) is 2. The molecule has 0 saturated heterocycles. The Hall–Kier alpha value is -1.95. The highest BCUT2D eigenvalue weighted by Crippen LogP contribution is 2.22. The molecule has 6 heteroatoms. The average Bonchev–Trinajstić information content (AvgIpc) is 2.78. The van der Waals surface area contributed by atoms with Gasteiger partial charge in [-0.1, -0.05) is 18.2 Å². The van der Waals surface area contributed by atoms with Crippen molar-refractivity contribution in [2.24, 2.45) is 0 Å². The third-order valence-corrected chi connectivity index (χ3v) is 2.64. The van der Waals surface area contributed by atoms with Crippen molar-refractivity contribution >= 4 is 38.6 Å². The summed E-state index contributed by atoms with van der Waals surface area (Å²) in [6.45, 7) is 0. The molecule has 0 spiro atoms. The molecule has 0 fully saturated rings. The molecule has 0 aliphatic rings. The van der Waals surface area contributed by atoms with Crippen molar-refractivity contribution in [2.45, 2.75) is 0 Å². The molecule has 2 heterocycles. The number of H-pyrrole nitrogens is 1. The number of hydrogen-bond acceptors (Lipinski definition) is 4. The first-order valence-corrected chi connectivity index (χ1v) is 5.81. The first-order valence-electron chi connectivity index (χ1n) is 5.01. The standard InChI is InChI=1S/C11H8BrN5/c12-11-16-9-8(13-6-14-9)10(17-11)15-7-4-2-1-3-5-7/h1-6H,(H2,13,14,15,16,17). The Morgan fingerprint density at radius 3 is 2.76 bits per heavy atom. The first-order chi connectivity index (χ1) is 8.33. The van der Waals surface area contributed by atoms with Gasteiger partial charge in [-0.25, -0.2) is 15.0 Å². The molecule has 0 bridgehead atoms. The molecule has 84 valence electrons. The summed E-state index contributed by atoms with van der Waals surface area (Å²) in [6.07, 6.45) is 1.60. The van der Waals surface area contributed by atoms with Crippen LogP contribution in [-0.2, 0) is 0 Å². The number of rotatable bonds is 2. The fourth-order valence-corrected chi connectivity index (χ4v) is 1.91. The van der Waals surface area contributed by atoms with E-state index in [9.17, 15) is 0 Å². The van der Waals surface area contributed by atoms with Gasteiger partial charge in [0, 0.05) is 5.69 Å². The van der Waals surface area contributed by atoms with E-state index in [0.717, 1.165) is 11.2 Å². The Kier molecular flexibility index (Phi) is 2.49. The second-order valence-electron chi connectivity index (χ2n) is 3.43. The maximum absolute atomic E-state index is 4.28. The van der Waals surface area contributed by atoms with Crippen LogP contribution < -0.4 is 5.32 Å². The SMILES string of the molecule is Brc1nc(Nc2ccccc2)c2nc[nH]c2n1. The van der Waals surface area contributed by atoms with Crippen molar-refractivity contribution in [3.8, 4) is 0 Å². The molecule has 2 N–H and O–H groups in total. The minimum absolute atomic E-state index is 0.521. The van der Waals surface area contributed by atoms with Gasteiger partial charge in [0.05, 0.1) is 6.33 Å². The van der Waals surface area contributed by atoms with Gasteiger partial charge in [-0.3, -0.25) is 0 Å². The monoisotopic (exact) mass is 289 g/mol. The first kappa shape index (κ1) is 10.2. The topological polar surface area (TPSA) is 66.5 Å². The number of halogens is 1. The summed E-state index contributed by atoms with van der Waals surface area (Å²) in [4.78, 5) is 15.6. The van der Waals surface area contributed by atoms with Gasteiger partial charge in [-0.15, -0.1) is 0 Å². The average molecular weight is 290 g/mol. The molecule has 3 rings (SSSR count). The summed E-state index contributed by atoms with van der Waals surface area (Å²) >= 11 is 3.27. The summed E-state index contributed by atoms with van der Waals surface area (Å²) < 4.78 is 0.521. The van der Waals surface area contributed by atoms with Crippen LogP contribution in [-0.4, -0.2) is 19.9 Å². The van der Waals surface area contributed by atoms with E-state index in [1.165, 1.54) is 0 Å². The molecule has 0 radical (unpaired) electrons. The van der Waals surface area contributed by atoms with E-state index in [0.29, 0.717) is 16.2 Å². The highest BCUT2D eigenvalue weighted by atomic mass is 79.9. The van der Waals surface area contributed by atoms with Gasteiger partial charge < -0.3 is 10.3 Å². The lowest BCUT2D eigenvalue weighted by Crippen LogP contribution is -1.96. The minimum Gasteiger partial charge on any atom is -0.338 e. The van der Waals surface area contributed by atoms with Gasteiger partial charge in [0.2, 0.25) is 4.73 Å². The molecule has 0 amide bonds. The number of aromatic nitrogens is 4. The van der Waals surface area contributed by atoms with Gasteiger partial charge in [0.15, 0.2) is 17.0 Å². The molecule has 2 aromatic heterocycles. The Morgan fingerprint density at radius 2 is 1.94 bits per heavy atom. The number of nitrogens with zero attached hydrogens (tertiary/aromatic N) is 3. The Balaban J connectivity index is 2.08. The summed E-state index contributed by atoms with van der Waals surface area (Å²) in [5.41, 5.74) is 2.38. The van der Waals surface area contributed by atoms with Gasteiger partial charge in [-0.05, 0) is 28.1 Å². The molecule has 0 aliphatic heterocycles. The van der Waals surface area contributed by atoms with Crippen LogP contribution >= 0.6 is 15.9 Å². The van der Waals surface area contributed by atoms with Crippen LogP contribution in [0.25, 0.3) is 11.2 Å². The number of hydrogen-bond donors (Lipinski definition) is 2. The van der Waals surface area contributed by atoms with E-state index >= 15 is 0 Å². The molecule has 0 saturated carbocycles. The van der Waals surface area contributed by atoms with E-state index in [4.69, 9.17) is 0 Å². The van der Waals surface area contributed by atoms with Crippen molar-refractivity contribution in [3.05, 3.63) is 41.4 Å². The van der Waals surface area contributed by atoms with E-state index in [1.807, 2.05) is 30.3 Å². The number of fused-ring (bicyclic) bond motifs is 1. The molecule has 1 aromatic carbocycles. The molecule has 17 heavy (non-hydrogen) atoms. The van der Waals surface area contributed by atoms with Gasteiger partial charge in [-0.2, -0.15) is 0 Å². The van der Waals surface area contributed by atoms with Gasteiger partial charge >= 0.3 is 0 Å². The van der Waals surface area contributed by atoms with Crippen molar-refractivity contribution in [3.63, 3.8) is 0 Å². The fourth-order valence-electron chi connectivity index (χ4n) is 1.55. The highest BCUT2D eigenvalue weighted by Gasteiger charge is 2.08. The maximum atomic E-state index is 4.28. The smallest absolute Gasteiger partial charge is 0.200 e. The Labute approximate surface area is 105 Å². The van der Waals surface area contributed by atoms with Crippen molar-refractivity contribution in [1.29, 1.82) is 0 Å². The second kappa shape index (κ2) is 4.14. The Bertz CT molecular complexity index is 649. The zero-order valence-corrected chi connectivity index (χ0v) is 10.3. The molecular weight excluding hydrogens is 282 g/mol. The predicted octanol–water partition coefficient (Wildman–Crippen LogP) is 2.86. The van der Waals surface area contributed by atoms with Crippen LogP contribution in [0.5, 0.6) is 0 Å². The van der Waals surface area contributed by atoms with Crippen LogP contribution in [0.2, 0.25) is 0 Å². The molecule has 0 aliphatic carbocycles. The summed E-state index contributed by atoms with van der Waals surface area (Å²) in [5, 5.41) is 3.21. The summed E-state index contributed by atoms with van der Waals surface area (Å²) in [5.74, 6) is 0.675. The molecule has 5 nitrogen and oxygen atoms in total. The number of benzene rings is 1. The van der Waals surface area contributed by atoms with Crippen molar-refractivity contribution < 1.29 is 0 Å². The zero-order chi connectivity index (χ0) is 11.7. The molecule has 0 unspecified atom stereocenters. The number of aromatic amines is 1. The number of imidazole rings is 1.